The first kappa shape index (κ1) is 11.7. The van der Waals surface area contributed by atoms with E-state index in [-0.39, 0.29) is 24.1 Å². The lowest BCUT2D eigenvalue weighted by Crippen LogP contribution is -2.37. The molecule has 2 N–H and O–H groups in total. The van der Waals surface area contributed by atoms with E-state index in [9.17, 15) is 9.59 Å². The van der Waals surface area contributed by atoms with E-state index >= 15 is 0 Å². The quantitative estimate of drug-likeness (QED) is 0.796. The maximum atomic E-state index is 11.6. The van der Waals surface area contributed by atoms with Gasteiger partial charge in [-0.25, -0.2) is 0 Å². The summed E-state index contributed by atoms with van der Waals surface area (Å²) >= 11 is 0. The zero-order valence-electron chi connectivity index (χ0n) is 9.79. The van der Waals surface area contributed by atoms with Gasteiger partial charge < -0.3 is 15.1 Å². The fourth-order valence-corrected chi connectivity index (χ4v) is 1.44. The highest BCUT2D eigenvalue weighted by atomic mass is 16.3. The van der Waals surface area contributed by atoms with Crippen molar-refractivity contribution in [2.24, 2.45) is 0 Å². The Morgan fingerprint density at radius 2 is 2.18 bits per heavy atom. The summed E-state index contributed by atoms with van der Waals surface area (Å²) in [7, 11) is 0. The third-order valence-electron chi connectivity index (χ3n) is 2.59. The van der Waals surface area contributed by atoms with Crippen LogP contribution in [0.25, 0.3) is 0 Å². The van der Waals surface area contributed by atoms with Gasteiger partial charge in [0.15, 0.2) is 5.76 Å². The van der Waals surface area contributed by atoms with Crippen LogP contribution in [0.4, 0.5) is 0 Å². The SMILES string of the molecule is CCc1ccc(C(=O)NCC(=O)NC2CC2)o1. The summed E-state index contributed by atoms with van der Waals surface area (Å²) in [5.41, 5.74) is 0. The molecule has 1 heterocycles. The van der Waals surface area contributed by atoms with Crippen molar-refractivity contribution in [2.45, 2.75) is 32.2 Å². The van der Waals surface area contributed by atoms with Crippen LogP contribution >= 0.6 is 0 Å². The number of aryl methyl sites for hydroxylation is 1. The van der Waals surface area contributed by atoms with Crippen LogP contribution in [-0.2, 0) is 11.2 Å². The summed E-state index contributed by atoms with van der Waals surface area (Å²) < 4.78 is 5.28. The zero-order valence-corrected chi connectivity index (χ0v) is 9.79. The summed E-state index contributed by atoms with van der Waals surface area (Å²) in [6.45, 7) is 1.95. The van der Waals surface area contributed by atoms with Crippen molar-refractivity contribution in [2.75, 3.05) is 6.54 Å². The van der Waals surface area contributed by atoms with Gasteiger partial charge in [0.1, 0.15) is 5.76 Å². The van der Waals surface area contributed by atoms with Crippen molar-refractivity contribution < 1.29 is 14.0 Å². The van der Waals surface area contributed by atoms with Crippen LogP contribution in [0.1, 0.15) is 36.1 Å². The third kappa shape index (κ3) is 3.34. The number of carbonyl (C=O) groups excluding carboxylic acids is 2. The van der Waals surface area contributed by atoms with Crippen LogP contribution in [0.5, 0.6) is 0 Å². The van der Waals surface area contributed by atoms with Gasteiger partial charge in [-0.1, -0.05) is 6.92 Å². The third-order valence-corrected chi connectivity index (χ3v) is 2.59. The fraction of sp³-hybridized carbons (Fsp3) is 0.500. The Morgan fingerprint density at radius 1 is 1.41 bits per heavy atom. The van der Waals surface area contributed by atoms with Crippen LogP contribution in [-0.4, -0.2) is 24.4 Å². The summed E-state index contributed by atoms with van der Waals surface area (Å²) in [5.74, 6) is 0.512. The van der Waals surface area contributed by atoms with E-state index in [0.717, 1.165) is 25.0 Å². The molecule has 0 unspecified atom stereocenters. The summed E-state index contributed by atoms with van der Waals surface area (Å²) in [6, 6.07) is 3.70. The molecule has 5 nitrogen and oxygen atoms in total. The van der Waals surface area contributed by atoms with Crippen LogP contribution in [0.15, 0.2) is 16.5 Å². The number of carbonyl (C=O) groups is 2. The molecule has 0 spiro atoms. The van der Waals surface area contributed by atoms with Crippen molar-refractivity contribution in [1.29, 1.82) is 0 Å². The molecular weight excluding hydrogens is 220 g/mol. The van der Waals surface area contributed by atoms with Crippen molar-refractivity contribution >= 4 is 11.8 Å². The van der Waals surface area contributed by atoms with Crippen LogP contribution in [0, 0.1) is 0 Å². The van der Waals surface area contributed by atoms with Gasteiger partial charge in [-0.3, -0.25) is 9.59 Å². The minimum Gasteiger partial charge on any atom is -0.456 e. The van der Waals surface area contributed by atoms with Crippen LogP contribution in [0.2, 0.25) is 0 Å². The standard InChI is InChI=1S/C12H16N2O3/c1-2-9-5-6-10(17-9)12(16)13-7-11(15)14-8-3-4-8/h5-6,8H,2-4,7H2,1H3,(H,13,16)(H,14,15). The molecule has 92 valence electrons. The highest BCUT2D eigenvalue weighted by molar-refractivity contribution is 5.94. The van der Waals surface area contributed by atoms with E-state index in [0.29, 0.717) is 6.04 Å². The van der Waals surface area contributed by atoms with Gasteiger partial charge in [-0.2, -0.15) is 0 Å². The van der Waals surface area contributed by atoms with Gasteiger partial charge in [0.25, 0.3) is 5.91 Å². The van der Waals surface area contributed by atoms with E-state index in [1.165, 1.54) is 0 Å². The molecule has 2 amide bonds. The number of rotatable bonds is 5. The molecule has 5 heteroatoms. The number of furan rings is 1. The molecule has 1 aromatic heterocycles. The van der Waals surface area contributed by atoms with E-state index in [2.05, 4.69) is 10.6 Å². The molecule has 0 aliphatic heterocycles. The Labute approximate surface area is 99.6 Å². The van der Waals surface area contributed by atoms with Crippen molar-refractivity contribution in [1.82, 2.24) is 10.6 Å². The Balaban J connectivity index is 1.77. The molecule has 0 bridgehead atoms. The van der Waals surface area contributed by atoms with Gasteiger partial charge in [-0.15, -0.1) is 0 Å². The molecule has 2 rings (SSSR count). The molecule has 0 saturated heterocycles. The number of hydrogen-bond donors (Lipinski definition) is 2. The lowest BCUT2D eigenvalue weighted by atomic mass is 10.3. The number of amides is 2. The first-order chi connectivity index (χ1) is 8.19. The predicted molar refractivity (Wildman–Crippen MR) is 61.6 cm³/mol. The average molecular weight is 236 g/mol. The molecule has 1 fully saturated rings. The Hall–Kier alpha value is -1.78. The number of nitrogens with one attached hydrogen (secondary N) is 2. The summed E-state index contributed by atoms with van der Waals surface area (Å²) in [6.07, 6.45) is 2.82. The molecule has 17 heavy (non-hydrogen) atoms. The first-order valence-electron chi connectivity index (χ1n) is 5.85. The Kier molecular flexibility index (Phi) is 3.46. The fourth-order valence-electron chi connectivity index (χ4n) is 1.44. The molecular formula is C12H16N2O3. The summed E-state index contributed by atoms with van der Waals surface area (Å²) in [5, 5.41) is 5.32. The lowest BCUT2D eigenvalue weighted by molar-refractivity contribution is -0.120. The first-order valence-corrected chi connectivity index (χ1v) is 5.85. The average Bonchev–Trinajstić information content (AvgIpc) is 2.99. The second kappa shape index (κ2) is 5.03. The minimum absolute atomic E-state index is 0.00249. The van der Waals surface area contributed by atoms with Gasteiger partial charge in [0.05, 0.1) is 6.54 Å². The van der Waals surface area contributed by atoms with Gasteiger partial charge in [0, 0.05) is 12.5 Å². The normalized spacial score (nSPS) is 14.4. The van der Waals surface area contributed by atoms with Crippen LogP contribution < -0.4 is 10.6 Å². The highest BCUT2D eigenvalue weighted by Gasteiger charge is 2.23. The molecule has 1 saturated carbocycles. The molecule has 0 radical (unpaired) electrons. The van der Waals surface area contributed by atoms with Crippen molar-refractivity contribution in [3.05, 3.63) is 23.7 Å². The second-order valence-corrected chi connectivity index (χ2v) is 4.14. The van der Waals surface area contributed by atoms with Gasteiger partial charge in [-0.05, 0) is 25.0 Å². The second-order valence-electron chi connectivity index (χ2n) is 4.14. The number of hydrogen-bond acceptors (Lipinski definition) is 3. The molecule has 1 aliphatic rings. The zero-order chi connectivity index (χ0) is 12.3. The van der Waals surface area contributed by atoms with Crippen molar-refractivity contribution in [3.63, 3.8) is 0 Å². The van der Waals surface area contributed by atoms with E-state index < -0.39 is 0 Å². The van der Waals surface area contributed by atoms with E-state index in [1.807, 2.05) is 6.92 Å². The van der Waals surface area contributed by atoms with E-state index in [4.69, 9.17) is 4.42 Å². The monoisotopic (exact) mass is 236 g/mol. The highest BCUT2D eigenvalue weighted by Crippen LogP contribution is 2.18. The molecule has 0 aromatic carbocycles. The Bertz CT molecular complexity index is 421. The molecule has 1 aliphatic carbocycles. The maximum Gasteiger partial charge on any atom is 0.287 e. The predicted octanol–water partition coefficient (Wildman–Crippen LogP) is 0.850. The van der Waals surface area contributed by atoms with Gasteiger partial charge >= 0.3 is 0 Å². The minimum atomic E-state index is -0.351. The van der Waals surface area contributed by atoms with Gasteiger partial charge in [0.2, 0.25) is 5.91 Å². The van der Waals surface area contributed by atoms with Crippen LogP contribution in [0.3, 0.4) is 0 Å². The topological polar surface area (TPSA) is 71.3 Å². The smallest absolute Gasteiger partial charge is 0.287 e. The summed E-state index contributed by atoms with van der Waals surface area (Å²) in [4.78, 5) is 22.9. The van der Waals surface area contributed by atoms with E-state index in [1.54, 1.807) is 12.1 Å². The Morgan fingerprint density at radius 3 is 2.76 bits per heavy atom. The van der Waals surface area contributed by atoms with Crippen molar-refractivity contribution in [3.8, 4) is 0 Å². The largest absolute Gasteiger partial charge is 0.456 e. The lowest BCUT2D eigenvalue weighted by Gasteiger charge is -2.04. The molecule has 0 atom stereocenters. The molecule has 1 aromatic rings. The maximum absolute atomic E-state index is 11.6.